The van der Waals surface area contributed by atoms with Crippen LogP contribution in [0.3, 0.4) is 0 Å². The number of benzene rings is 2. The number of rotatable bonds is 4. The zero-order valence-corrected chi connectivity index (χ0v) is 17.1. The monoisotopic (exact) mass is 422 g/mol. The number of urea groups is 1. The normalized spacial score (nSPS) is 17.2. The molecule has 3 rings (SSSR count). The first-order valence-electron chi connectivity index (χ1n) is 8.94. The first-order chi connectivity index (χ1) is 13.1. The summed E-state index contributed by atoms with van der Waals surface area (Å²) in [5.74, 6) is -0.135. The summed E-state index contributed by atoms with van der Waals surface area (Å²) < 4.78 is 0. The fraction of sp³-hybridized carbons (Fsp3) is 0.300. The van der Waals surface area contributed by atoms with Crippen LogP contribution in [-0.2, 0) is 4.79 Å². The molecule has 2 unspecified atom stereocenters. The van der Waals surface area contributed by atoms with E-state index in [-0.39, 0.29) is 24.4 Å². The van der Waals surface area contributed by atoms with Gasteiger partial charge in [0.05, 0.1) is 6.04 Å². The van der Waals surface area contributed by atoms with Gasteiger partial charge in [0.1, 0.15) is 6.04 Å². The summed E-state index contributed by atoms with van der Waals surface area (Å²) >= 11 is 6.34. The maximum Gasteiger partial charge on any atom is 0.319 e. The van der Waals surface area contributed by atoms with Crippen molar-refractivity contribution in [3.8, 4) is 0 Å². The summed E-state index contributed by atoms with van der Waals surface area (Å²) in [6.07, 6.45) is 0. The van der Waals surface area contributed by atoms with Crippen molar-refractivity contribution in [2.75, 3.05) is 25.0 Å². The summed E-state index contributed by atoms with van der Waals surface area (Å²) in [5.41, 5.74) is 1.58. The topological polar surface area (TPSA) is 73.5 Å². The van der Waals surface area contributed by atoms with E-state index >= 15 is 0 Å². The van der Waals surface area contributed by atoms with Gasteiger partial charge < -0.3 is 20.9 Å². The zero-order chi connectivity index (χ0) is 19.2. The van der Waals surface area contributed by atoms with E-state index in [9.17, 15) is 9.59 Å². The number of hydrogen-bond acceptors (Lipinski definition) is 3. The van der Waals surface area contributed by atoms with Crippen LogP contribution in [0.15, 0.2) is 54.6 Å². The number of halogens is 2. The van der Waals surface area contributed by atoms with E-state index in [1.165, 1.54) is 0 Å². The number of para-hydroxylation sites is 1. The van der Waals surface area contributed by atoms with Crippen LogP contribution in [-0.4, -0.2) is 42.5 Å². The van der Waals surface area contributed by atoms with Crippen LogP contribution in [0, 0.1) is 0 Å². The molecule has 2 atom stereocenters. The molecule has 1 fully saturated rings. The summed E-state index contributed by atoms with van der Waals surface area (Å²) in [4.78, 5) is 27.0. The van der Waals surface area contributed by atoms with Gasteiger partial charge in [0.2, 0.25) is 5.91 Å². The molecule has 1 heterocycles. The second-order valence-electron chi connectivity index (χ2n) is 6.46. The van der Waals surface area contributed by atoms with Gasteiger partial charge in [0.25, 0.3) is 0 Å². The van der Waals surface area contributed by atoms with Crippen molar-refractivity contribution in [2.45, 2.75) is 19.0 Å². The average Bonchev–Trinajstić information content (AvgIpc) is 2.68. The quantitative estimate of drug-likeness (QED) is 0.706. The van der Waals surface area contributed by atoms with Gasteiger partial charge in [-0.25, -0.2) is 4.79 Å². The highest BCUT2D eigenvalue weighted by molar-refractivity contribution is 6.31. The Morgan fingerprint density at radius 3 is 2.54 bits per heavy atom. The number of nitrogens with one attached hydrogen (secondary N) is 3. The van der Waals surface area contributed by atoms with Crippen LogP contribution >= 0.6 is 24.0 Å². The van der Waals surface area contributed by atoms with Gasteiger partial charge in [0, 0.05) is 30.3 Å². The second-order valence-corrected chi connectivity index (χ2v) is 6.87. The van der Waals surface area contributed by atoms with E-state index in [1.54, 1.807) is 24.0 Å². The van der Waals surface area contributed by atoms with E-state index in [4.69, 9.17) is 11.6 Å². The summed E-state index contributed by atoms with van der Waals surface area (Å²) in [7, 11) is 0. The molecule has 6 nitrogen and oxygen atoms in total. The Bertz CT molecular complexity index is 804. The molecular weight excluding hydrogens is 399 g/mol. The Kier molecular flexibility index (Phi) is 8.11. The number of hydrogen-bond donors (Lipinski definition) is 3. The molecule has 1 aliphatic rings. The van der Waals surface area contributed by atoms with E-state index in [0.717, 1.165) is 5.56 Å². The molecule has 0 aliphatic carbocycles. The summed E-state index contributed by atoms with van der Waals surface area (Å²) in [6, 6.07) is 15.4. The van der Waals surface area contributed by atoms with Gasteiger partial charge in [-0.15, -0.1) is 12.4 Å². The van der Waals surface area contributed by atoms with E-state index in [2.05, 4.69) is 16.0 Å². The van der Waals surface area contributed by atoms with E-state index < -0.39 is 12.1 Å². The van der Waals surface area contributed by atoms with Gasteiger partial charge in [-0.3, -0.25) is 4.79 Å². The molecule has 0 aromatic heterocycles. The lowest BCUT2D eigenvalue weighted by Crippen LogP contribution is -2.55. The molecule has 28 heavy (non-hydrogen) atoms. The van der Waals surface area contributed by atoms with Crippen molar-refractivity contribution < 1.29 is 9.59 Å². The lowest BCUT2D eigenvalue weighted by atomic mass is 10.0. The Labute approximate surface area is 176 Å². The predicted octanol–water partition coefficient (Wildman–Crippen LogP) is 3.44. The second kappa shape index (κ2) is 10.3. The SMILES string of the molecule is CC(NC(=O)Nc1ccccc1)C(=O)N1CCNCC1c1ccccc1Cl.Cl. The Morgan fingerprint density at radius 2 is 1.82 bits per heavy atom. The lowest BCUT2D eigenvalue weighted by Gasteiger charge is -2.38. The highest BCUT2D eigenvalue weighted by atomic mass is 35.5. The third-order valence-electron chi connectivity index (χ3n) is 4.54. The van der Waals surface area contributed by atoms with Crippen LogP contribution in [0.2, 0.25) is 5.02 Å². The summed E-state index contributed by atoms with van der Waals surface area (Å²) in [6.45, 7) is 3.58. The Balaban J connectivity index is 0.00000280. The van der Waals surface area contributed by atoms with Crippen molar-refractivity contribution in [1.82, 2.24) is 15.5 Å². The van der Waals surface area contributed by atoms with Crippen molar-refractivity contribution in [3.63, 3.8) is 0 Å². The molecule has 2 aromatic rings. The minimum absolute atomic E-state index is 0. The van der Waals surface area contributed by atoms with Crippen LogP contribution in [0.4, 0.5) is 10.5 Å². The van der Waals surface area contributed by atoms with Gasteiger partial charge in [-0.1, -0.05) is 48.0 Å². The molecule has 3 amide bonds. The van der Waals surface area contributed by atoms with Gasteiger partial charge in [-0.2, -0.15) is 0 Å². The largest absolute Gasteiger partial charge is 0.331 e. The van der Waals surface area contributed by atoms with Gasteiger partial charge in [0.15, 0.2) is 0 Å². The van der Waals surface area contributed by atoms with Crippen molar-refractivity contribution in [2.24, 2.45) is 0 Å². The highest BCUT2D eigenvalue weighted by Gasteiger charge is 2.32. The van der Waals surface area contributed by atoms with Gasteiger partial charge in [-0.05, 0) is 30.7 Å². The lowest BCUT2D eigenvalue weighted by molar-refractivity contribution is -0.136. The molecule has 0 radical (unpaired) electrons. The smallest absolute Gasteiger partial charge is 0.319 e. The van der Waals surface area contributed by atoms with Crippen LogP contribution in [0.5, 0.6) is 0 Å². The standard InChI is InChI=1S/C20H23ClN4O2.ClH/c1-14(23-20(27)24-15-7-3-2-4-8-15)19(26)25-12-11-22-13-18(25)16-9-5-6-10-17(16)21;/h2-10,14,18,22H,11-13H2,1H3,(H2,23,24,27);1H. The third-order valence-corrected chi connectivity index (χ3v) is 4.88. The molecule has 1 saturated heterocycles. The number of anilines is 1. The van der Waals surface area contributed by atoms with Gasteiger partial charge >= 0.3 is 6.03 Å². The van der Waals surface area contributed by atoms with Crippen LogP contribution in [0.25, 0.3) is 0 Å². The first kappa shape index (κ1) is 22.0. The minimum atomic E-state index is -0.656. The van der Waals surface area contributed by atoms with Crippen molar-refractivity contribution >= 4 is 41.6 Å². The molecule has 2 aromatic carbocycles. The van der Waals surface area contributed by atoms with Crippen molar-refractivity contribution in [1.29, 1.82) is 0 Å². The zero-order valence-electron chi connectivity index (χ0n) is 15.5. The van der Waals surface area contributed by atoms with Crippen molar-refractivity contribution in [3.05, 3.63) is 65.2 Å². The Hall–Kier alpha value is -2.28. The molecule has 8 heteroatoms. The first-order valence-corrected chi connectivity index (χ1v) is 9.32. The highest BCUT2D eigenvalue weighted by Crippen LogP contribution is 2.28. The van der Waals surface area contributed by atoms with E-state index in [1.807, 2.05) is 42.5 Å². The molecule has 150 valence electrons. The fourth-order valence-corrected chi connectivity index (χ4v) is 3.45. The predicted molar refractivity (Wildman–Crippen MR) is 114 cm³/mol. The fourth-order valence-electron chi connectivity index (χ4n) is 3.19. The Morgan fingerprint density at radius 1 is 1.14 bits per heavy atom. The number of carbonyl (C=O) groups excluding carboxylic acids is 2. The molecule has 1 aliphatic heterocycles. The number of nitrogens with zero attached hydrogens (tertiary/aromatic N) is 1. The third kappa shape index (κ3) is 5.38. The molecule has 0 bridgehead atoms. The molecule has 3 N–H and O–H groups in total. The molecule has 0 saturated carbocycles. The number of piperazine rings is 1. The maximum atomic E-state index is 13.0. The van der Waals surface area contributed by atoms with E-state index in [0.29, 0.717) is 30.3 Å². The number of carbonyl (C=O) groups is 2. The van der Waals surface area contributed by atoms with Crippen LogP contribution in [0.1, 0.15) is 18.5 Å². The summed E-state index contributed by atoms with van der Waals surface area (Å²) in [5, 5.41) is 9.38. The maximum absolute atomic E-state index is 13.0. The molecule has 0 spiro atoms. The average molecular weight is 423 g/mol. The minimum Gasteiger partial charge on any atom is -0.331 e. The number of amides is 3. The molecular formula is C20H24Cl2N4O2. The van der Waals surface area contributed by atoms with Crippen LogP contribution < -0.4 is 16.0 Å².